The Balaban J connectivity index is 3.34. The van der Waals surface area contributed by atoms with Gasteiger partial charge in [0.25, 0.3) is 0 Å². The molecule has 7 heavy (non-hydrogen) atoms. The summed E-state index contributed by atoms with van der Waals surface area (Å²) in [4.78, 5) is 9.78. The quantitative estimate of drug-likeness (QED) is 0.561. The Morgan fingerprint density at radius 2 is 2.43 bits per heavy atom. The van der Waals surface area contributed by atoms with Crippen molar-refractivity contribution in [3.63, 3.8) is 0 Å². The zero-order chi connectivity index (χ0) is 5.86. The van der Waals surface area contributed by atoms with Crippen molar-refractivity contribution < 1.29 is 9.90 Å². The second-order valence-corrected chi connectivity index (χ2v) is 1.75. The molecule has 0 saturated heterocycles. The van der Waals surface area contributed by atoms with E-state index in [9.17, 15) is 4.79 Å². The maximum Gasteiger partial charge on any atom is 0.321 e. The molecular formula is C3H6BrNO2. The zero-order valence-electron chi connectivity index (χ0n) is 3.60. The lowest BCUT2D eigenvalue weighted by molar-refractivity contribution is -0.137. The van der Waals surface area contributed by atoms with Crippen LogP contribution in [0, 0.1) is 0 Å². The molecule has 4 heteroatoms. The summed E-state index contributed by atoms with van der Waals surface area (Å²) in [7, 11) is 0. The van der Waals surface area contributed by atoms with Crippen molar-refractivity contribution in [1.82, 2.24) is 0 Å². The number of nitrogens with two attached hydrogens (primary N) is 1. The number of halogens is 1. The molecule has 0 aliphatic carbocycles. The minimum atomic E-state index is -0.975. The minimum Gasteiger partial charge on any atom is -0.480 e. The Hall–Kier alpha value is -0.0900. The summed E-state index contributed by atoms with van der Waals surface area (Å²) in [6, 6.07) is -0.764. The average Bonchev–Trinajstić information content (AvgIpc) is 1.65. The maximum atomic E-state index is 9.78. The van der Waals surface area contributed by atoms with Crippen molar-refractivity contribution in [3.05, 3.63) is 0 Å². The molecule has 0 rings (SSSR count). The second kappa shape index (κ2) is 2.98. The van der Waals surface area contributed by atoms with Crippen LogP contribution in [0.15, 0.2) is 0 Å². The van der Waals surface area contributed by atoms with E-state index in [0.29, 0.717) is 5.33 Å². The summed E-state index contributed by atoms with van der Waals surface area (Å²) in [6.45, 7) is 0. The lowest BCUT2D eigenvalue weighted by Crippen LogP contribution is -2.31. The first-order valence-corrected chi connectivity index (χ1v) is 2.85. The van der Waals surface area contributed by atoms with Gasteiger partial charge in [-0.25, -0.2) is 0 Å². The van der Waals surface area contributed by atoms with E-state index in [4.69, 9.17) is 10.8 Å². The van der Waals surface area contributed by atoms with Crippen LogP contribution in [-0.4, -0.2) is 22.4 Å². The van der Waals surface area contributed by atoms with Crippen molar-refractivity contribution in [2.75, 3.05) is 5.33 Å². The van der Waals surface area contributed by atoms with Crippen LogP contribution in [-0.2, 0) is 4.79 Å². The molecule has 1 atom stereocenters. The number of rotatable bonds is 2. The van der Waals surface area contributed by atoms with Gasteiger partial charge >= 0.3 is 5.97 Å². The van der Waals surface area contributed by atoms with Crippen LogP contribution in [0.1, 0.15) is 0 Å². The molecule has 42 valence electrons. The van der Waals surface area contributed by atoms with Gasteiger partial charge in [0.1, 0.15) is 6.04 Å². The summed E-state index contributed by atoms with van der Waals surface area (Å²) in [5.74, 6) is -0.975. The van der Waals surface area contributed by atoms with Gasteiger partial charge in [0, 0.05) is 5.33 Å². The van der Waals surface area contributed by atoms with Gasteiger partial charge in [-0.3, -0.25) is 4.79 Å². The Morgan fingerprint density at radius 3 is 2.43 bits per heavy atom. The molecule has 0 aliphatic heterocycles. The molecule has 0 radical (unpaired) electrons. The van der Waals surface area contributed by atoms with E-state index in [1.54, 1.807) is 0 Å². The number of carboxylic acids is 1. The fourth-order valence-electron chi connectivity index (χ4n) is 0.0660. The molecule has 0 fully saturated rings. The zero-order valence-corrected chi connectivity index (χ0v) is 5.18. The van der Waals surface area contributed by atoms with Crippen LogP contribution in [0.25, 0.3) is 0 Å². The normalized spacial score (nSPS) is 13.4. The molecule has 0 amide bonds. The maximum absolute atomic E-state index is 9.78. The molecule has 0 aromatic heterocycles. The van der Waals surface area contributed by atoms with Crippen LogP contribution in [0.3, 0.4) is 0 Å². The van der Waals surface area contributed by atoms with Gasteiger partial charge in [0.2, 0.25) is 0 Å². The van der Waals surface area contributed by atoms with Crippen molar-refractivity contribution in [2.45, 2.75) is 6.04 Å². The van der Waals surface area contributed by atoms with Crippen LogP contribution in [0.2, 0.25) is 0 Å². The molecule has 0 aromatic carbocycles. The molecule has 0 bridgehead atoms. The molecule has 0 aromatic rings. The SMILES string of the molecule is N[C@@H](CBr)C(=O)O. The van der Waals surface area contributed by atoms with Gasteiger partial charge in [-0.1, -0.05) is 15.9 Å². The average molecular weight is 168 g/mol. The van der Waals surface area contributed by atoms with E-state index in [1.165, 1.54) is 0 Å². The lowest BCUT2D eigenvalue weighted by Gasteiger charge is -1.95. The molecule has 3 nitrogen and oxygen atoms in total. The van der Waals surface area contributed by atoms with Crippen LogP contribution < -0.4 is 5.73 Å². The standard InChI is InChI=1S/C3H6BrNO2/c4-1-2(5)3(6)7/h2H,1,5H2,(H,6,7)/t2-/m0/s1. The Labute approximate surface area is 49.6 Å². The number of carboxylic acid groups (broad SMARTS) is 1. The summed E-state index contributed by atoms with van der Waals surface area (Å²) in [5, 5.41) is 8.33. The van der Waals surface area contributed by atoms with Crippen molar-refractivity contribution in [1.29, 1.82) is 0 Å². The molecule has 0 heterocycles. The lowest BCUT2D eigenvalue weighted by atomic mass is 10.4. The van der Waals surface area contributed by atoms with Gasteiger partial charge in [-0.15, -0.1) is 0 Å². The minimum absolute atomic E-state index is 0.308. The third-order valence-electron chi connectivity index (χ3n) is 0.483. The van der Waals surface area contributed by atoms with E-state index in [1.807, 2.05) is 0 Å². The molecule has 3 N–H and O–H groups in total. The van der Waals surface area contributed by atoms with Crippen molar-refractivity contribution in [2.24, 2.45) is 5.73 Å². The van der Waals surface area contributed by atoms with Crippen LogP contribution >= 0.6 is 15.9 Å². The first-order valence-electron chi connectivity index (χ1n) is 1.73. The monoisotopic (exact) mass is 167 g/mol. The van der Waals surface area contributed by atoms with Crippen LogP contribution in [0.5, 0.6) is 0 Å². The van der Waals surface area contributed by atoms with Gasteiger partial charge in [0.05, 0.1) is 0 Å². The van der Waals surface area contributed by atoms with E-state index >= 15 is 0 Å². The Morgan fingerprint density at radius 1 is 2.00 bits per heavy atom. The smallest absolute Gasteiger partial charge is 0.321 e. The number of carbonyl (C=O) groups is 1. The number of aliphatic carboxylic acids is 1. The molecule has 0 spiro atoms. The third-order valence-corrected chi connectivity index (χ3v) is 1.18. The summed E-state index contributed by atoms with van der Waals surface area (Å²) in [6.07, 6.45) is 0. The fourth-order valence-corrected chi connectivity index (χ4v) is 0.343. The Bertz CT molecular complexity index is 75.3. The Kier molecular flexibility index (Phi) is 2.95. The van der Waals surface area contributed by atoms with E-state index in [-0.39, 0.29) is 0 Å². The first-order chi connectivity index (χ1) is 3.18. The van der Waals surface area contributed by atoms with Gasteiger partial charge in [-0.05, 0) is 0 Å². The molecule has 0 saturated carbocycles. The van der Waals surface area contributed by atoms with Gasteiger partial charge in [-0.2, -0.15) is 0 Å². The second-order valence-electron chi connectivity index (χ2n) is 1.10. The van der Waals surface area contributed by atoms with E-state index in [2.05, 4.69) is 15.9 Å². The highest BCUT2D eigenvalue weighted by atomic mass is 79.9. The highest BCUT2D eigenvalue weighted by molar-refractivity contribution is 9.09. The molecule has 0 aliphatic rings. The highest BCUT2D eigenvalue weighted by Crippen LogP contribution is 1.84. The number of hydrogen-bond acceptors (Lipinski definition) is 2. The van der Waals surface area contributed by atoms with Gasteiger partial charge in [0.15, 0.2) is 0 Å². The summed E-state index contributed by atoms with van der Waals surface area (Å²) >= 11 is 2.91. The predicted molar refractivity (Wildman–Crippen MR) is 29.4 cm³/mol. The highest BCUT2D eigenvalue weighted by Gasteiger charge is 2.06. The summed E-state index contributed by atoms with van der Waals surface area (Å²) < 4.78 is 0. The number of hydrogen-bond donors (Lipinski definition) is 2. The third kappa shape index (κ3) is 2.59. The van der Waals surface area contributed by atoms with E-state index < -0.39 is 12.0 Å². The van der Waals surface area contributed by atoms with Crippen molar-refractivity contribution in [3.8, 4) is 0 Å². The predicted octanol–water partition coefficient (Wildman–Crippen LogP) is -0.207. The largest absolute Gasteiger partial charge is 0.480 e. The van der Waals surface area contributed by atoms with Crippen LogP contribution in [0.4, 0.5) is 0 Å². The van der Waals surface area contributed by atoms with E-state index in [0.717, 1.165) is 0 Å². The topological polar surface area (TPSA) is 63.3 Å². The molecular weight excluding hydrogens is 162 g/mol. The number of alkyl halides is 1. The molecule has 0 unspecified atom stereocenters. The summed E-state index contributed by atoms with van der Waals surface area (Å²) in [5.41, 5.74) is 4.97. The van der Waals surface area contributed by atoms with Crippen molar-refractivity contribution >= 4 is 21.9 Å². The fraction of sp³-hybridized carbons (Fsp3) is 0.667. The van der Waals surface area contributed by atoms with Gasteiger partial charge < -0.3 is 10.8 Å². The first kappa shape index (κ1) is 6.91.